The molecule has 0 aliphatic rings. The maximum absolute atomic E-state index is 12.5. The highest BCUT2D eigenvalue weighted by Gasteiger charge is 2.12. The molecule has 0 aliphatic carbocycles. The highest BCUT2D eigenvalue weighted by Crippen LogP contribution is 2.31. The average molecular weight is 348 g/mol. The zero-order valence-corrected chi connectivity index (χ0v) is 14.6. The summed E-state index contributed by atoms with van der Waals surface area (Å²) >= 11 is 7.42. The van der Waals surface area contributed by atoms with Gasteiger partial charge < -0.3 is 10.3 Å². The zero-order chi connectivity index (χ0) is 16.4. The van der Waals surface area contributed by atoms with Gasteiger partial charge in [-0.1, -0.05) is 37.6 Å². The van der Waals surface area contributed by atoms with Crippen molar-refractivity contribution in [2.24, 2.45) is 5.92 Å². The Morgan fingerprint density at radius 1 is 1.30 bits per heavy atom. The van der Waals surface area contributed by atoms with Crippen molar-refractivity contribution >= 4 is 33.2 Å². The average Bonchev–Trinajstić information content (AvgIpc) is 2.92. The molecule has 0 aliphatic heterocycles. The van der Waals surface area contributed by atoms with E-state index in [1.54, 1.807) is 0 Å². The monoisotopic (exact) mass is 347 g/mol. The molecule has 4 nitrogen and oxygen atoms in total. The van der Waals surface area contributed by atoms with Gasteiger partial charge >= 0.3 is 0 Å². The van der Waals surface area contributed by atoms with Crippen LogP contribution in [0.2, 0.25) is 5.02 Å². The van der Waals surface area contributed by atoms with E-state index < -0.39 is 0 Å². The normalized spacial score (nSPS) is 11.5. The van der Waals surface area contributed by atoms with Crippen LogP contribution in [0.1, 0.15) is 19.7 Å². The van der Waals surface area contributed by atoms with Crippen LogP contribution in [0.4, 0.5) is 0 Å². The van der Waals surface area contributed by atoms with Crippen LogP contribution in [-0.4, -0.2) is 16.5 Å². The third-order valence-electron chi connectivity index (χ3n) is 3.49. The van der Waals surface area contributed by atoms with Crippen LogP contribution in [0.3, 0.4) is 0 Å². The molecule has 6 heteroatoms. The Kier molecular flexibility index (Phi) is 4.80. The number of rotatable bonds is 5. The third-order valence-corrected chi connectivity index (χ3v) is 4.62. The fourth-order valence-corrected chi connectivity index (χ4v) is 3.49. The van der Waals surface area contributed by atoms with Crippen molar-refractivity contribution in [3.05, 3.63) is 50.8 Å². The second-order valence-electron chi connectivity index (χ2n) is 5.87. The topological polar surface area (TPSA) is 57.8 Å². The van der Waals surface area contributed by atoms with Crippen LogP contribution < -0.4 is 10.9 Å². The van der Waals surface area contributed by atoms with Crippen molar-refractivity contribution in [2.45, 2.75) is 20.4 Å². The fraction of sp³-hybridized carbons (Fsp3) is 0.294. The van der Waals surface area contributed by atoms with E-state index in [0.717, 1.165) is 22.5 Å². The molecule has 0 amide bonds. The Morgan fingerprint density at radius 3 is 2.74 bits per heavy atom. The summed E-state index contributed by atoms with van der Waals surface area (Å²) in [6, 6.07) is 7.49. The van der Waals surface area contributed by atoms with Crippen molar-refractivity contribution in [2.75, 3.05) is 6.54 Å². The molecule has 0 bridgehead atoms. The summed E-state index contributed by atoms with van der Waals surface area (Å²) in [4.78, 5) is 20.7. The molecule has 3 rings (SSSR count). The number of thiophene rings is 1. The second-order valence-corrected chi connectivity index (χ2v) is 7.17. The number of aromatic amines is 1. The lowest BCUT2D eigenvalue weighted by Crippen LogP contribution is -2.22. The van der Waals surface area contributed by atoms with Gasteiger partial charge in [-0.2, -0.15) is 0 Å². The Hall–Kier alpha value is -1.69. The number of nitrogens with one attached hydrogen (secondary N) is 2. The first-order valence-corrected chi connectivity index (χ1v) is 8.77. The van der Waals surface area contributed by atoms with E-state index >= 15 is 0 Å². The lowest BCUT2D eigenvalue weighted by Gasteiger charge is -2.07. The summed E-state index contributed by atoms with van der Waals surface area (Å²) in [5, 5.41) is 6.59. The molecule has 3 aromatic rings. The Morgan fingerprint density at radius 2 is 2.04 bits per heavy atom. The minimum atomic E-state index is -0.0949. The molecular weight excluding hydrogens is 330 g/mol. The highest BCUT2D eigenvalue weighted by atomic mass is 35.5. The first-order chi connectivity index (χ1) is 11.0. The summed E-state index contributed by atoms with van der Waals surface area (Å²) in [6.07, 6.45) is 0. The number of nitrogens with zero attached hydrogens (tertiary/aromatic N) is 1. The lowest BCUT2D eigenvalue weighted by molar-refractivity contribution is 0.543. The van der Waals surface area contributed by atoms with Crippen LogP contribution in [0.15, 0.2) is 34.4 Å². The van der Waals surface area contributed by atoms with Crippen molar-refractivity contribution in [3.63, 3.8) is 0 Å². The van der Waals surface area contributed by atoms with E-state index in [1.165, 1.54) is 11.3 Å². The Balaban J connectivity index is 1.95. The zero-order valence-electron chi connectivity index (χ0n) is 13.0. The second kappa shape index (κ2) is 6.83. The predicted octanol–water partition coefficient (Wildman–Crippen LogP) is 4.05. The van der Waals surface area contributed by atoms with Crippen molar-refractivity contribution in [3.8, 4) is 11.1 Å². The number of benzene rings is 1. The SMILES string of the molecule is CC(C)CNCc1nc2scc(-c3ccc(Cl)cc3)c2c(=O)[nH]1. The summed E-state index contributed by atoms with van der Waals surface area (Å²) in [6.45, 7) is 5.74. The Bertz CT molecular complexity index is 868. The minimum Gasteiger partial charge on any atom is -0.310 e. The van der Waals surface area contributed by atoms with Crippen molar-refractivity contribution in [1.29, 1.82) is 0 Å². The first-order valence-electron chi connectivity index (χ1n) is 7.51. The van der Waals surface area contributed by atoms with Crippen LogP contribution in [-0.2, 0) is 6.54 Å². The van der Waals surface area contributed by atoms with E-state index in [-0.39, 0.29) is 5.56 Å². The van der Waals surface area contributed by atoms with Gasteiger partial charge in [-0.3, -0.25) is 4.79 Å². The van der Waals surface area contributed by atoms with E-state index in [4.69, 9.17) is 11.6 Å². The summed E-state index contributed by atoms with van der Waals surface area (Å²) in [5.41, 5.74) is 1.78. The lowest BCUT2D eigenvalue weighted by atomic mass is 10.1. The van der Waals surface area contributed by atoms with E-state index in [1.807, 2.05) is 29.6 Å². The number of halogens is 1. The Labute approximate surface area is 143 Å². The van der Waals surface area contributed by atoms with E-state index in [9.17, 15) is 4.79 Å². The van der Waals surface area contributed by atoms with Gasteiger partial charge in [0.25, 0.3) is 5.56 Å². The largest absolute Gasteiger partial charge is 0.310 e. The highest BCUT2D eigenvalue weighted by molar-refractivity contribution is 7.17. The van der Waals surface area contributed by atoms with Crippen LogP contribution in [0.25, 0.3) is 21.3 Å². The standard InChI is InChI=1S/C17H18ClN3OS/c1-10(2)7-19-8-14-20-16(22)15-13(9-23-17(15)21-14)11-3-5-12(18)6-4-11/h3-6,9-10,19H,7-8H2,1-2H3,(H,20,21,22). The molecule has 0 atom stereocenters. The van der Waals surface area contributed by atoms with Gasteiger partial charge in [-0.15, -0.1) is 11.3 Å². The van der Waals surface area contributed by atoms with Gasteiger partial charge in [0.2, 0.25) is 0 Å². The smallest absolute Gasteiger partial charge is 0.260 e. The predicted molar refractivity (Wildman–Crippen MR) is 97.2 cm³/mol. The summed E-state index contributed by atoms with van der Waals surface area (Å²) < 4.78 is 0. The van der Waals surface area contributed by atoms with Crippen LogP contribution in [0, 0.1) is 5.92 Å². The molecule has 23 heavy (non-hydrogen) atoms. The number of hydrogen-bond acceptors (Lipinski definition) is 4. The maximum atomic E-state index is 12.5. The van der Waals surface area contributed by atoms with Gasteiger partial charge in [-0.05, 0) is 30.2 Å². The molecule has 120 valence electrons. The minimum absolute atomic E-state index is 0.0949. The number of aromatic nitrogens is 2. The molecule has 0 saturated heterocycles. The van der Waals surface area contributed by atoms with Crippen molar-refractivity contribution in [1.82, 2.24) is 15.3 Å². The van der Waals surface area contributed by atoms with E-state index in [0.29, 0.717) is 28.7 Å². The molecular formula is C17H18ClN3OS. The molecule has 0 saturated carbocycles. The third kappa shape index (κ3) is 3.63. The molecule has 2 aromatic heterocycles. The molecule has 1 aromatic carbocycles. The number of fused-ring (bicyclic) bond motifs is 1. The molecule has 0 radical (unpaired) electrons. The summed E-state index contributed by atoms with van der Waals surface area (Å²) in [5.74, 6) is 1.23. The van der Waals surface area contributed by atoms with Gasteiger partial charge in [0.1, 0.15) is 10.7 Å². The molecule has 0 spiro atoms. The van der Waals surface area contributed by atoms with Crippen LogP contribution >= 0.6 is 22.9 Å². The number of hydrogen-bond donors (Lipinski definition) is 2. The van der Waals surface area contributed by atoms with Crippen molar-refractivity contribution < 1.29 is 0 Å². The quantitative estimate of drug-likeness (QED) is 0.732. The number of H-pyrrole nitrogens is 1. The first kappa shape index (κ1) is 16.2. The molecule has 0 fully saturated rings. The van der Waals surface area contributed by atoms with Gasteiger partial charge in [0.05, 0.1) is 11.9 Å². The molecule has 2 heterocycles. The van der Waals surface area contributed by atoms with Gasteiger partial charge in [0, 0.05) is 16.0 Å². The van der Waals surface area contributed by atoms with Gasteiger partial charge in [-0.25, -0.2) is 4.98 Å². The summed E-state index contributed by atoms with van der Waals surface area (Å²) in [7, 11) is 0. The molecule has 2 N–H and O–H groups in total. The maximum Gasteiger partial charge on any atom is 0.260 e. The fourth-order valence-electron chi connectivity index (χ4n) is 2.40. The molecule has 0 unspecified atom stereocenters. The van der Waals surface area contributed by atoms with Gasteiger partial charge in [0.15, 0.2) is 0 Å². The van der Waals surface area contributed by atoms with E-state index in [2.05, 4.69) is 29.1 Å². The van der Waals surface area contributed by atoms with Crippen LogP contribution in [0.5, 0.6) is 0 Å².